The number of aromatic amines is 1. The predicted molar refractivity (Wildman–Crippen MR) is 103 cm³/mol. The Morgan fingerprint density at radius 1 is 1.41 bits per heavy atom. The number of fused-ring (bicyclic) bond motifs is 1. The molecule has 2 amide bonds. The molecule has 1 aromatic heterocycles. The van der Waals surface area contributed by atoms with E-state index in [4.69, 9.17) is 17.3 Å². The molecule has 2 atom stereocenters. The Kier molecular flexibility index (Phi) is 5.43. The largest absolute Gasteiger partial charge is 0.366 e. The first kappa shape index (κ1) is 19.2. The summed E-state index contributed by atoms with van der Waals surface area (Å²) in [5.41, 5.74) is 7.09. The van der Waals surface area contributed by atoms with Crippen molar-refractivity contribution in [3.8, 4) is 11.8 Å². The van der Waals surface area contributed by atoms with Gasteiger partial charge in [0.05, 0.1) is 16.1 Å². The van der Waals surface area contributed by atoms with Crippen LogP contribution < -0.4 is 11.1 Å². The summed E-state index contributed by atoms with van der Waals surface area (Å²) in [4.78, 5) is 26.6. The molecule has 0 bridgehead atoms. The molecule has 0 aliphatic heterocycles. The van der Waals surface area contributed by atoms with E-state index in [1.54, 1.807) is 13.8 Å². The Morgan fingerprint density at radius 3 is 2.81 bits per heavy atom. The maximum absolute atomic E-state index is 15.0. The van der Waals surface area contributed by atoms with Crippen LogP contribution in [0.15, 0.2) is 6.07 Å². The first-order valence-corrected chi connectivity index (χ1v) is 9.24. The van der Waals surface area contributed by atoms with E-state index in [0.29, 0.717) is 33.6 Å². The number of H-pyrrole nitrogens is 1. The van der Waals surface area contributed by atoms with Gasteiger partial charge in [0.1, 0.15) is 5.82 Å². The third-order valence-corrected chi connectivity index (χ3v) is 5.57. The summed E-state index contributed by atoms with van der Waals surface area (Å²) >= 11 is 6.44. The number of hydrogen-bond acceptors (Lipinski definition) is 2. The lowest BCUT2D eigenvalue weighted by molar-refractivity contribution is -0.116. The van der Waals surface area contributed by atoms with E-state index in [2.05, 4.69) is 22.1 Å². The van der Waals surface area contributed by atoms with Gasteiger partial charge in [0.25, 0.3) is 11.8 Å². The van der Waals surface area contributed by atoms with Gasteiger partial charge in [-0.15, -0.1) is 0 Å². The number of amides is 2. The van der Waals surface area contributed by atoms with Crippen molar-refractivity contribution in [1.29, 1.82) is 0 Å². The highest BCUT2D eigenvalue weighted by Gasteiger charge is 2.30. The predicted octanol–water partition coefficient (Wildman–Crippen LogP) is 3.53. The van der Waals surface area contributed by atoms with Gasteiger partial charge in [0.2, 0.25) is 0 Å². The fourth-order valence-corrected chi connectivity index (χ4v) is 4.21. The van der Waals surface area contributed by atoms with Crippen LogP contribution in [0.5, 0.6) is 0 Å². The molecular weight excluding hydrogens is 369 g/mol. The third-order valence-electron chi connectivity index (χ3n) is 5.10. The lowest BCUT2D eigenvalue weighted by atomic mass is 9.79. The van der Waals surface area contributed by atoms with Gasteiger partial charge in [0.15, 0.2) is 0 Å². The molecule has 7 heteroatoms. The second kappa shape index (κ2) is 7.61. The van der Waals surface area contributed by atoms with E-state index in [9.17, 15) is 9.59 Å². The van der Waals surface area contributed by atoms with E-state index < -0.39 is 11.7 Å². The Labute approximate surface area is 161 Å². The molecule has 0 spiro atoms. The lowest BCUT2D eigenvalue weighted by Gasteiger charge is -2.30. The van der Waals surface area contributed by atoms with Gasteiger partial charge in [0, 0.05) is 22.7 Å². The zero-order chi connectivity index (χ0) is 19.7. The average Bonchev–Trinajstić information content (AvgIpc) is 2.90. The molecule has 1 unspecified atom stereocenters. The van der Waals surface area contributed by atoms with Crippen LogP contribution in [0.25, 0.3) is 10.9 Å². The molecule has 1 heterocycles. The number of hydrogen-bond donors (Lipinski definition) is 3. The van der Waals surface area contributed by atoms with Crippen molar-refractivity contribution < 1.29 is 14.0 Å². The fraction of sp³-hybridized carbons (Fsp3) is 0.400. The zero-order valence-corrected chi connectivity index (χ0v) is 16.0. The molecule has 5 nitrogen and oxygen atoms in total. The van der Waals surface area contributed by atoms with Crippen molar-refractivity contribution >= 4 is 34.3 Å². The Balaban J connectivity index is 2.04. The summed E-state index contributed by atoms with van der Waals surface area (Å²) in [7, 11) is 0. The van der Waals surface area contributed by atoms with Gasteiger partial charge in [-0.3, -0.25) is 9.59 Å². The first-order valence-electron chi connectivity index (χ1n) is 8.86. The van der Waals surface area contributed by atoms with Crippen molar-refractivity contribution in [3.63, 3.8) is 0 Å². The number of nitrogens with one attached hydrogen (secondary N) is 2. The minimum Gasteiger partial charge on any atom is -0.366 e. The van der Waals surface area contributed by atoms with Crippen molar-refractivity contribution in [3.05, 3.63) is 33.7 Å². The van der Waals surface area contributed by atoms with Crippen molar-refractivity contribution in [2.45, 2.75) is 51.5 Å². The molecule has 0 saturated heterocycles. The standard InChI is InChI=1S/C20H21ClFN3O2/c1-3-5-15(26)25-12-7-4-6-11(8-12)16-14(22)9-13(20(23)27)19-17(16)18(21)10(2)24-19/h9,11-12,24H,4,6-8H2,1-2H3,(H2,23,27)(H,25,26)/t11?,12-/m1/s1. The van der Waals surface area contributed by atoms with Crippen LogP contribution in [0, 0.1) is 24.6 Å². The monoisotopic (exact) mass is 389 g/mol. The molecule has 1 aliphatic rings. The molecule has 1 aromatic carbocycles. The minimum atomic E-state index is -0.713. The minimum absolute atomic E-state index is 0.0822. The summed E-state index contributed by atoms with van der Waals surface area (Å²) in [6.07, 6.45) is 3.01. The van der Waals surface area contributed by atoms with Gasteiger partial charge in [-0.1, -0.05) is 23.9 Å². The van der Waals surface area contributed by atoms with E-state index >= 15 is 4.39 Å². The average molecular weight is 390 g/mol. The number of aromatic nitrogens is 1. The van der Waals surface area contributed by atoms with Crippen LogP contribution in [-0.4, -0.2) is 22.8 Å². The van der Waals surface area contributed by atoms with Crippen molar-refractivity contribution in [2.75, 3.05) is 0 Å². The summed E-state index contributed by atoms with van der Waals surface area (Å²) in [6, 6.07) is 1.10. The summed E-state index contributed by atoms with van der Waals surface area (Å²) in [5, 5.41) is 3.79. The maximum Gasteiger partial charge on any atom is 0.296 e. The quantitative estimate of drug-likeness (QED) is 0.701. The lowest BCUT2D eigenvalue weighted by Crippen LogP contribution is -2.37. The van der Waals surface area contributed by atoms with Crippen molar-refractivity contribution in [1.82, 2.24) is 10.3 Å². The second-order valence-corrected chi connectivity index (χ2v) is 7.28. The van der Waals surface area contributed by atoms with E-state index in [0.717, 1.165) is 19.3 Å². The van der Waals surface area contributed by atoms with Crippen LogP contribution in [0.3, 0.4) is 0 Å². The number of aryl methyl sites for hydroxylation is 1. The second-order valence-electron chi connectivity index (χ2n) is 6.91. The number of benzene rings is 1. The Bertz CT molecular complexity index is 987. The number of primary amides is 1. The maximum atomic E-state index is 15.0. The number of carbonyl (C=O) groups is 2. The fourth-order valence-electron chi connectivity index (χ4n) is 3.96. The third kappa shape index (κ3) is 3.65. The molecule has 3 rings (SSSR count). The number of halogens is 2. The summed E-state index contributed by atoms with van der Waals surface area (Å²) in [6.45, 7) is 3.37. The summed E-state index contributed by atoms with van der Waals surface area (Å²) in [5.74, 6) is 3.38. The van der Waals surface area contributed by atoms with Gasteiger partial charge >= 0.3 is 0 Å². The highest BCUT2D eigenvalue weighted by atomic mass is 35.5. The smallest absolute Gasteiger partial charge is 0.296 e. The van der Waals surface area contributed by atoms with Gasteiger partial charge in [-0.2, -0.15) is 0 Å². The molecule has 1 fully saturated rings. The van der Waals surface area contributed by atoms with E-state index in [-0.39, 0.29) is 23.4 Å². The van der Waals surface area contributed by atoms with Crippen molar-refractivity contribution in [2.24, 2.45) is 5.73 Å². The normalized spacial score (nSPS) is 19.4. The molecule has 0 radical (unpaired) electrons. The van der Waals surface area contributed by atoms with Crippen LogP contribution in [0.4, 0.5) is 4.39 Å². The zero-order valence-electron chi connectivity index (χ0n) is 15.2. The topological polar surface area (TPSA) is 88.0 Å². The highest BCUT2D eigenvalue weighted by Crippen LogP contribution is 2.42. The molecular formula is C20H21ClFN3O2. The Morgan fingerprint density at radius 2 is 2.15 bits per heavy atom. The molecule has 4 N–H and O–H groups in total. The highest BCUT2D eigenvalue weighted by molar-refractivity contribution is 6.37. The van der Waals surface area contributed by atoms with E-state index in [1.807, 2.05) is 0 Å². The number of nitrogens with two attached hydrogens (primary N) is 1. The number of carbonyl (C=O) groups excluding carboxylic acids is 2. The van der Waals surface area contributed by atoms with Gasteiger partial charge < -0.3 is 16.0 Å². The SMILES string of the molecule is CC#CC(=O)N[C@@H]1CCCC(c2c(F)cc(C(N)=O)c3[nH]c(C)c(Cl)c23)C1. The Hall–Kier alpha value is -2.52. The summed E-state index contributed by atoms with van der Waals surface area (Å²) < 4.78 is 15.0. The van der Waals surface area contributed by atoms with E-state index in [1.165, 1.54) is 6.07 Å². The molecule has 27 heavy (non-hydrogen) atoms. The first-order chi connectivity index (χ1) is 12.8. The van der Waals surface area contributed by atoms with Crippen LogP contribution in [0.1, 0.15) is 60.1 Å². The molecule has 1 aliphatic carbocycles. The van der Waals surface area contributed by atoms with Gasteiger partial charge in [-0.05, 0) is 51.0 Å². The number of rotatable bonds is 3. The van der Waals surface area contributed by atoms with Crippen LogP contribution in [0.2, 0.25) is 5.02 Å². The molecule has 1 saturated carbocycles. The molecule has 2 aromatic rings. The van der Waals surface area contributed by atoms with Crippen LogP contribution in [-0.2, 0) is 4.79 Å². The van der Waals surface area contributed by atoms with Gasteiger partial charge in [-0.25, -0.2) is 4.39 Å². The molecule has 142 valence electrons. The van der Waals surface area contributed by atoms with Crippen LogP contribution >= 0.6 is 11.6 Å².